The van der Waals surface area contributed by atoms with E-state index < -0.39 is 0 Å². The molecule has 0 radical (unpaired) electrons. The molecule has 18 heavy (non-hydrogen) atoms. The lowest BCUT2D eigenvalue weighted by Crippen LogP contribution is -2.14. The topological polar surface area (TPSA) is 35.2 Å². The van der Waals surface area contributed by atoms with E-state index in [1.54, 1.807) is 11.3 Å². The minimum absolute atomic E-state index is 0.0294. The molecule has 2 aromatic rings. The van der Waals surface area contributed by atoms with E-state index in [0.29, 0.717) is 6.61 Å². The number of hydrogen-bond acceptors (Lipinski definition) is 3. The quantitative estimate of drug-likeness (QED) is 0.896. The lowest BCUT2D eigenvalue weighted by molar-refractivity contribution is 0.334. The van der Waals surface area contributed by atoms with Crippen LogP contribution in [0.4, 0.5) is 0 Å². The van der Waals surface area contributed by atoms with Crippen molar-refractivity contribution in [3.8, 4) is 5.75 Å². The molecule has 0 aliphatic rings. The number of rotatable bonds is 5. The number of nitrogens with two attached hydrogens (primary N) is 1. The monoisotopic (exact) mass is 325 g/mol. The lowest BCUT2D eigenvalue weighted by atomic mass is 10.0. The highest BCUT2D eigenvalue weighted by atomic mass is 79.9. The van der Waals surface area contributed by atoms with Crippen molar-refractivity contribution in [2.24, 2.45) is 5.73 Å². The molecule has 1 unspecified atom stereocenters. The van der Waals surface area contributed by atoms with E-state index in [0.717, 1.165) is 21.5 Å². The van der Waals surface area contributed by atoms with E-state index in [2.05, 4.69) is 28.1 Å². The predicted molar refractivity (Wildman–Crippen MR) is 80.3 cm³/mol. The van der Waals surface area contributed by atoms with Crippen molar-refractivity contribution in [2.45, 2.75) is 19.4 Å². The first-order chi connectivity index (χ1) is 8.70. The van der Waals surface area contributed by atoms with Gasteiger partial charge in [-0.1, -0.05) is 18.2 Å². The minimum atomic E-state index is -0.0294. The molecular formula is C14H16BrNOS. The number of halogens is 1. The van der Waals surface area contributed by atoms with Gasteiger partial charge in [-0.2, -0.15) is 0 Å². The molecule has 1 atom stereocenters. The first-order valence-corrected chi connectivity index (χ1v) is 7.53. The zero-order valence-electron chi connectivity index (χ0n) is 10.2. The molecule has 0 aliphatic carbocycles. The Labute approximate surface area is 120 Å². The fourth-order valence-electron chi connectivity index (χ4n) is 1.86. The van der Waals surface area contributed by atoms with E-state index >= 15 is 0 Å². The Hall–Kier alpha value is -0.840. The molecule has 1 aromatic carbocycles. The van der Waals surface area contributed by atoms with Crippen molar-refractivity contribution in [1.82, 2.24) is 0 Å². The zero-order valence-corrected chi connectivity index (χ0v) is 12.6. The molecule has 4 heteroatoms. The summed E-state index contributed by atoms with van der Waals surface area (Å²) in [6.07, 6.45) is 0.834. The molecule has 1 heterocycles. The molecule has 2 nitrogen and oxygen atoms in total. The van der Waals surface area contributed by atoms with Crippen LogP contribution in [0, 0.1) is 0 Å². The van der Waals surface area contributed by atoms with Gasteiger partial charge in [-0.05, 0) is 41.1 Å². The van der Waals surface area contributed by atoms with Gasteiger partial charge in [-0.25, -0.2) is 0 Å². The van der Waals surface area contributed by atoms with E-state index in [-0.39, 0.29) is 6.04 Å². The molecule has 0 amide bonds. The summed E-state index contributed by atoms with van der Waals surface area (Å²) in [7, 11) is 0. The van der Waals surface area contributed by atoms with Gasteiger partial charge in [0.25, 0.3) is 0 Å². The van der Waals surface area contributed by atoms with Gasteiger partial charge in [0.15, 0.2) is 0 Å². The maximum atomic E-state index is 6.28. The second kappa shape index (κ2) is 6.36. The SMILES string of the molecule is CCOc1ccccc1C(N)Cc1ccc(Br)s1. The number of para-hydroxylation sites is 1. The number of hydrogen-bond donors (Lipinski definition) is 1. The first-order valence-electron chi connectivity index (χ1n) is 5.92. The Balaban J connectivity index is 2.15. The fourth-order valence-corrected chi connectivity index (χ4v) is 3.40. The van der Waals surface area contributed by atoms with Crippen LogP contribution in [0.3, 0.4) is 0 Å². The molecule has 0 saturated heterocycles. The molecule has 0 bridgehead atoms. The normalized spacial score (nSPS) is 12.4. The molecular weight excluding hydrogens is 310 g/mol. The maximum Gasteiger partial charge on any atom is 0.124 e. The summed E-state index contributed by atoms with van der Waals surface area (Å²) >= 11 is 5.20. The summed E-state index contributed by atoms with van der Waals surface area (Å²) in [5, 5.41) is 0. The van der Waals surface area contributed by atoms with Gasteiger partial charge in [-0.15, -0.1) is 11.3 Å². The third-order valence-corrected chi connectivity index (χ3v) is 4.31. The Kier molecular flexibility index (Phi) is 4.80. The fraction of sp³-hybridized carbons (Fsp3) is 0.286. The summed E-state index contributed by atoms with van der Waals surface area (Å²) in [5.74, 6) is 0.892. The van der Waals surface area contributed by atoms with E-state index in [4.69, 9.17) is 10.5 Å². The average molecular weight is 326 g/mol. The molecule has 0 spiro atoms. The van der Waals surface area contributed by atoms with Crippen LogP contribution in [0.1, 0.15) is 23.4 Å². The Morgan fingerprint density at radius 2 is 2.06 bits per heavy atom. The van der Waals surface area contributed by atoms with Gasteiger partial charge in [0, 0.05) is 22.9 Å². The van der Waals surface area contributed by atoms with Gasteiger partial charge in [-0.3, -0.25) is 0 Å². The molecule has 2 N–H and O–H groups in total. The zero-order chi connectivity index (χ0) is 13.0. The Bertz CT molecular complexity index is 512. The van der Waals surface area contributed by atoms with Crippen molar-refractivity contribution >= 4 is 27.3 Å². The second-order valence-corrected chi connectivity index (χ2v) is 6.53. The minimum Gasteiger partial charge on any atom is -0.494 e. The van der Waals surface area contributed by atoms with Crippen molar-refractivity contribution in [3.05, 3.63) is 50.6 Å². The largest absolute Gasteiger partial charge is 0.494 e. The lowest BCUT2D eigenvalue weighted by Gasteiger charge is -2.15. The van der Waals surface area contributed by atoms with Gasteiger partial charge < -0.3 is 10.5 Å². The molecule has 1 aromatic heterocycles. The van der Waals surface area contributed by atoms with Crippen LogP contribution in [-0.4, -0.2) is 6.61 Å². The third kappa shape index (κ3) is 3.34. The van der Waals surface area contributed by atoms with Crippen molar-refractivity contribution in [3.63, 3.8) is 0 Å². The summed E-state index contributed by atoms with van der Waals surface area (Å²) in [6.45, 7) is 2.65. The standard InChI is InChI=1S/C14H16BrNOS/c1-2-17-13-6-4-3-5-11(13)12(16)9-10-7-8-14(15)18-10/h3-8,12H,2,9,16H2,1H3. The van der Waals surface area contributed by atoms with E-state index in [1.165, 1.54) is 4.88 Å². The van der Waals surface area contributed by atoms with E-state index in [9.17, 15) is 0 Å². The third-order valence-electron chi connectivity index (χ3n) is 2.67. The van der Waals surface area contributed by atoms with Crippen LogP contribution < -0.4 is 10.5 Å². The van der Waals surface area contributed by atoms with E-state index in [1.807, 2.05) is 31.2 Å². The van der Waals surface area contributed by atoms with Crippen LogP contribution in [0.25, 0.3) is 0 Å². The molecule has 0 aliphatic heterocycles. The Morgan fingerprint density at radius 3 is 2.72 bits per heavy atom. The smallest absolute Gasteiger partial charge is 0.124 e. The second-order valence-electron chi connectivity index (χ2n) is 3.99. The summed E-state index contributed by atoms with van der Waals surface area (Å²) < 4.78 is 6.76. The van der Waals surface area contributed by atoms with Gasteiger partial charge in [0.1, 0.15) is 5.75 Å². The number of benzene rings is 1. The van der Waals surface area contributed by atoms with Crippen LogP contribution >= 0.6 is 27.3 Å². The van der Waals surface area contributed by atoms with Crippen LogP contribution in [0.2, 0.25) is 0 Å². The highest BCUT2D eigenvalue weighted by molar-refractivity contribution is 9.11. The molecule has 0 saturated carbocycles. The number of ether oxygens (including phenoxy) is 1. The van der Waals surface area contributed by atoms with Crippen LogP contribution in [0.15, 0.2) is 40.2 Å². The molecule has 96 valence electrons. The van der Waals surface area contributed by atoms with Crippen molar-refractivity contribution in [2.75, 3.05) is 6.61 Å². The van der Waals surface area contributed by atoms with Crippen LogP contribution in [-0.2, 0) is 6.42 Å². The van der Waals surface area contributed by atoms with Crippen LogP contribution in [0.5, 0.6) is 5.75 Å². The van der Waals surface area contributed by atoms with Gasteiger partial charge in [0.2, 0.25) is 0 Å². The highest BCUT2D eigenvalue weighted by Gasteiger charge is 2.13. The highest BCUT2D eigenvalue weighted by Crippen LogP contribution is 2.29. The Morgan fingerprint density at radius 1 is 1.28 bits per heavy atom. The van der Waals surface area contributed by atoms with Crippen molar-refractivity contribution < 1.29 is 4.74 Å². The molecule has 0 fully saturated rings. The molecule has 2 rings (SSSR count). The van der Waals surface area contributed by atoms with Gasteiger partial charge >= 0.3 is 0 Å². The first kappa shape index (κ1) is 13.6. The van der Waals surface area contributed by atoms with Gasteiger partial charge in [0.05, 0.1) is 10.4 Å². The number of thiophene rings is 1. The summed E-state index contributed by atoms with van der Waals surface area (Å²) in [6, 6.07) is 12.1. The van der Waals surface area contributed by atoms with Crippen molar-refractivity contribution in [1.29, 1.82) is 0 Å². The average Bonchev–Trinajstić information content (AvgIpc) is 2.76. The summed E-state index contributed by atoms with van der Waals surface area (Å²) in [5.41, 5.74) is 7.35. The maximum absolute atomic E-state index is 6.28. The predicted octanol–water partition coefficient (Wildman–Crippen LogP) is 4.15. The summed E-state index contributed by atoms with van der Waals surface area (Å²) in [4.78, 5) is 1.28.